The van der Waals surface area contributed by atoms with Gasteiger partial charge in [-0.15, -0.1) is 0 Å². The van der Waals surface area contributed by atoms with Gasteiger partial charge in [0.05, 0.1) is 4.90 Å². The molecule has 1 heterocycles. The quantitative estimate of drug-likeness (QED) is 0.916. The summed E-state index contributed by atoms with van der Waals surface area (Å²) in [5.74, 6) is 0. The van der Waals surface area contributed by atoms with Crippen molar-refractivity contribution >= 4 is 10.0 Å². The Hall–Kier alpha value is -0.910. The summed E-state index contributed by atoms with van der Waals surface area (Å²) in [5.41, 5.74) is 1.15. The number of rotatable bonds is 3. The van der Waals surface area contributed by atoms with Crippen molar-refractivity contribution in [3.05, 3.63) is 29.8 Å². The average molecular weight is 282 g/mol. The number of sulfonamides is 1. The van der Waals surface area contributed by atoms with Crippen molar-refractivity contribution < 1.29 is 8.42 Å². The fraction of sp³-hybridized carbons (Fsp3) is 0.571. The van der Waals surface area contributed by atoms with Gasteiger partial charge in [-0.2, -0.15) is 4.31 Å². The van der Waals surface area contributed by atoms with Crippen LogP contribution in [0.25, 0.3) is 0 Å². The topological polar surface area (TPSA) is 49.4 Å². The van der Waals surface area contributed by atoms with Crippen LogP contribution in [0.1, 0.15) is 26.3 Å². The molecule has 1 fully saturated rings. The van der Waals surface area contributed by atoms with Gasteiger partial charge in [0, 0.05) is 25.2 Å². The van der Waals surface area contributed by atoms with Crippen LogP contribution in [0.5, 0.6) is 0 Å². The first-order valence-electron chi connectivity index (χ1n) is 6.79. The molecule has 0 aromatic heterocycles. The maximum absolute atomic E-state index is 12.6. The van der Waals surface area contributed by atoms with Gasteiger partial charge in [-0.3, -0.25) is 0 Å². The Balaban J connectivity index is 2.29. The van der Waals surface area contributed by atoms with Gasteiger partial charge in [0.25, 0.3) is 0 Å². The molecule has 4 nitrogen and oxygen atoms in total. The monoisotopic (exact) mass is 282 g/mol. The van der Waals surface area contributed by atoms with E-state index >= 15 is 0 Å². The van der Waals surface area contributed by atoms with E-state index in [1.807, 2.05) is 26.0 Å². The summed E-state index contributed by atoms with van der Waals surface area (Å²) in [6, 6.07) is 7.40. The van der Waals surface area contributed by atoms with E-state index in [1.54, 1.807) is 16.4 Å². The molecule has 5 heteroatoms. The Morgan fingerprint density at radius 2 is 1.89 bits per heavy atom. The van der Waals surface area contributed by atoms with E-state index in [4.69, 9.17) is 0 Å². The lowest BCUT2D eigenvalue weighted by atomic mass is 10.2. The average Bonchev–Trinajstić information content (AvgIpc) is 2.41. The van der Waals surface area contributed by atoms with Gasteiger partial charge in [0.2, 0.25) is 10.0 Å². The van der Waals surface area contributed by atoms with Crippen molar-refractivity contribution in [2.45, 2.75) is 44.2 Å². The molecule has 1 aromatic carbocycles. The van der Waals surface area contributed by atoms with Crippen molar-refractivity contribution in [2.75, 3.05) is 13.1 Å². The predicted octanol–water partition coefficient (Wildman–Crippen LogP) is 1.62. The SMILES string of the molecule is CCc1ccc(S(=O)(=O)N2CC(C)NCC2C)cc1. The summed E-state index contributed by atoms with van der Waals surface area (Å²) in [5, 5.41) is 3.30. The lowest BCUT2D eigenvalue weighted by molar-refractivity contribution is 0.244. The van der Waals surface area contributed by atoms with Crippen LogP contribution < -0.4 is 5.32 Å². The number of piperazine rings is 1. The largest absolute Gasteiger partial charge is 0.311 e. The zero-order chi connectivity index (χ0) is 14.0. The van der Waals surface area contributed by atoms with Gasteiger partial charge in [0.15, 0.2) is 0 Å². The summed E-state index contributed by atoms with van der Waals surface area (Å²) in [7, 11) is -3.38. The highest BCUT2D eigenvalue weighted by Crippen LogP contribution is 2.21. The molecule has 19 heavy (non-hydrogen) atoms. The second-order valence-corrected chi connectivity index (χ2v) is 7.12. The van der Waals surface area contributed by atoms with E-state index in [0.717, 1.165) is 12.0 Å². The highest BCUT2D eigenvalue weighted by Gasteiger charge is 2.33. The van der Waals surface area contributed by atoms with E-state index < -0.39 is 10.0 Å². The van der Waals surface area contributed by atoms with E-state index in [0.29, 0.717) is 18.0 Å². The number of nitrogens with one attached hydrogen (secondary N) is 1. The standard InChI is InChI=1S/C14H22N2O2S/c1-4-13-5-7-14(8-6-13)19(17,18)16-10-11(2)15-9-12(16)3/h5-8,11-12,15H,4,9-10H2,1-3H3. The minimum absolute atomic E-state index is 0.00736. The number of nitrogens with zero attached hydrogens (tertiary/aromatic N) is 1. The van der Waals surface area contributed by atoms with Crippen molar-refractivity contribution in [3.8, 4) is 0 Å². The van der Waals surface area contributed by atoms with Gasteiger partial charge < -0.3 is 5.32 Å². The number of hydrogen-bond acceptors (Lipinski definition) is 3. The lowest BCUT2D eigenvalue weighted by Gasteiger charge is -2.36. The van der Waals surface area contributed by atoms with E-state index in [-0.39, 0.29) is 12.1 Å². The fourth-order valence-electron chi connectivity index (χ4n) is 2.36. The van der Waals surface area contributed by atoms with Gasteiger partial charge in [-0.25, -0.2) is 8.42 Å². The zero-order valence-corrected chi connectivity index (χ0v) is 12.6. The minimum Gasteiger partial charge on any atom is -0.311 e. The molecule has 1 aromatic rings. The molecular weight excluding hydrogens is 260 g/mol. The van der Waals surface area contributed by atoms with Crippen LogP contribution in [0.2, 0.25) is 0 Å². The molecule has 1 N–H and O–H groups in total. The Morgan fingerprint density at radius 1 is 1.26 bits per heavy atom. The molecule has 0 bridgehead atoms. The lowest BCUT2D eigenvalue weighted by Crippen LogP contribution is -2.56. The second-order valence-electron chi connectivity index (χ2n) is 5.23. The maximum atomic E-state index is 12.6. The zero-order valence-electron chi connectivity index (χ0n) is 11.8. The van der Waals surface area contributed by atoms with Crippen molar-refractivity contribution in [3.63, 3.8) is 0 Å². The summed E-state index contributed by atoms with van der Waals surface area (Å²) < 4.78 is 26.9. The maximum Gasteiger partial charge on any atom is 0.243 e. The van der Waals surface area contributed by atoms with Gasteiger partial charge in [-0.1, -0.05) is 19.1 Å². The molecule has 0 aliphatic carbocycles. The van der Waals surface area contributed by atoms with Gasteiger partial charge in [0.1, 0.15) is 0 Å². The fourth-order valence-corrected chi connectivity index (χ4v) is 4.07. The molecule has 1 saturated heterocycles. The highest BCUT2D eigenvalue weighted by atomic mass is 32.2. The Morgan fingerprint density at radius 3 is 2.47 bits per heavy atom. The van der Waals surface area contributed by atoms with Gasteiger partial charge >= 0.3 is 0 Å². The van der Waals surface area contributed by atoms with Crippen LogP contribution in [0.3, 0.4) is 0 Å². The summed E-state index contributed by atoms with van der Waals surface area (Å²) >= 11 is 0. The molecule has 1 aliphatic heterocycles. The van der Waals surface area contributed by atoms with Crippen LogP contribution in [0.4, 0.5) is 0 Å². The molecule has 2 unspecified atom stereocenters. The van der Waals surface area contributed by atoms with Crippen LogP contribution in [-0.4, -0.2) is 37.9 Å². The Bertz CT molecular complexity index is 525. The number of hydrogen-bond donors (Lipinski definition) is 1. The molecule has 2 rings (SSSR count). The van der Waals surface area contributed by atoms with E-state index in [2.05, 4.69) is 12.2 Å². The molecule has 1 aliphatic rings. The van der Waals surface area contributed by atoms with E-state index in [1.165, 1.54) is 0 Å². The third-order valence-electron chi connectivity index (χ3n) is 3.65. The Kier molecular flexibility index (Phi) is 4.28. The summed E-state index contributed by atoms with van der Waals surface area (Å²) in [6.45, 7) is 7.24. The van der Waals surface area contributed by atoms with Crippen LogP contribution in [0.15, 0.2) is 29.2 Å². The Labute approximate surface area is 115 Å². The molecular formula is C14H22N2O2S. The van der Waals surface area contributed by atoms with Gasteiger partial charge in [-0.05, 0) is 38.0 Å². The van der Waals surface area contributed by atoms with Crippen LogP contribution >= 0.6 is 0 Å². The predicted molar refractivity (Wildman–Crippen MR) is 76.6 cm³/mol. The van der Waals surface area contributed by atoms with Crippen LogP contribution in [-0.2, 0) is 16.4 Å². The number of aryl methyl sites for hydroxylation is 1. The smallest absolute Gasteiger partial charge is 0.243 e. The molecule has 0 saturated carbocycles. The van der Waals surface area contributed by atoms with Crippen LogP contribution in [0, 0.1) is 0 Å². The highest BCUT2D eigenvalue weighted by molar-refractivity contribution is 7.89. The first kappa shape index (κ1) is 14.5. The van der Waals surface area contributed by atoms with Crippen molar-refractivity contribution in [1.82, 2.24) is 9.62 Å². The normalized spacial score (nSPS) is 25.4. The molecule has 0 radical (unpaired) electrons. The van der Waals surface area contributed by atoms with Crippen molar-refractivity contribution in [1.29, 1.82) is 0 Å². The third-order valence-corrected chi connectivity index (χ3v) is 5.64. The summed E-state index contributed by atoms with van der Waals surface area (Å²) in [4.78, 5) is 0.394. The minimum atomic E-state index is -3.38. The first-order valence-corrected chi connectivity index (χ1v) is 8.23. The second kappa shape index (κ2) is 5.61. The first-order chi connectivity index (χ1) is 8.95. The number of benzene rings is 1. The van der Waals surface area contributed by atoms with Crippen molar-refractivity contribution in [2.24, 2.45) is 0 Å². The molecule has 0 amide bonds. The summed E-state index contributed by atoms with van der Waals surface area (Å²) in [6.07, 6.45) is 0.918. The molecule has 106 valence electrons. The third kappa shape index (κ3) is 2.99. The molecule has 0 spiro atoms. The van der Waals surface area contributed by atoms with E-state index in [9.17, 15) is 8.42 Å². The molecule has 2 atom stereocenters.